The van der Waals surface area contributed by atoms with Gasteiger partial charge in [-0.15, -0.1) is 0 Å². The molecule has 0 saturated carbocycles. The molecule has 3 heteroatoms. The van der Waals surface area contributed by atoms with Crippen molar-refractivity contribution in [2.45, 2.75) is 0 Å². The van der Waals surface area contributed by atoms with Crippen molar-refractivity contribution in [1.29, 1.82) is 0 Å². The molecule has 0 saturated heterocycles. The van der Waals surface area contributed by atoms with E-state index in [2.05, 4.69) is 5.32 Å². The lowest BCUT2D eigenvalue weighted by molar-refractivity contribution is 0.824. The van der Waals surface area contributed by atoms with E-state index in [-0.39, 0.29) is 5.48 Å². The molecular weight excluding hydrogens is 128 g/mol. The maximum atomic E-state index is 5.45. The molecule has 0 spiro atoms. The molecule has 0 aliphatic heterocycles. The molecule has 56 valence electrons. The van der Waals surface area contributed by atoms with Crippen molar-refractivity contribution in [3.63, 3.8) is 0 Å². The SMILES string of the molecule is CNc1ccc(N)cc1.O. The number of hydrogen-bond acceptors (Lipinski definition) is 2. The first-order valence-electron chi connectivity index (χ1n) is 2.86. The summed E-state index contributed by atoms with van der Waals surface area (Å²) < 4.78 is 0. The van der Waals surface area contributed by atoms with Gasteiger partial charge in [0.05, 0.1) is 0 Å². The highest BCUT2D eigenvalue weighted by Gasteiger charge is 1.84. The summed E-state index contributed by atoms with van der Waals surface area (Å²) in [4.78, 5) is 0. The maximum absolute atomic E-state index is 5.45. The van der Waals surface area contributed by atoms with Crippen LogP contribution in [0.2, 0.25) is 0 Å². The molecule has 1 aromatic carbocycles. The zero-order valence-electron chi connectivity index (χ0n) is 5.89. The minimum absolute atomic E-state index is 0. The van der Waals surface area contributed by atoms with Crippen LogP contribution in [0.4, 0.5) is 11.4 Å². The topological polar surface area (TPSA) is 69.5 Å². The van der Waals surface area contributed by atoms with E-state index in [1.165, 1.54) is 0 Å². The Hall–Kier alpha value is -1.22. The Balaban J connectivity index is 0.000000810. The van der Waals surface area contributed by atoms with Crippen molar-refractivity contribution in [3.05, 3.63) is 24.3 Å². The van der Waals surface area contributed by atoms with Crippen LogP contribution in [0.25, 0.3) is 0 Å². The average Bonchev–Trinajstić information content (AvgIpc) is 1.90. The van der Waals surface area contributed by atoms with Crippen LogP contribution in [0.5, 0.6) is 0 Å². The third-order valence-electron chi connectivity index (χ3n) is 1.20. The van der Waals surface area contributed by atoms with Gasteiger partial charge in [0.2, 0.25) is 0 Å². The Labute approximate surface area is 60.2 Å². The predicted molar refractivity (Wildman–Crippen MR) is 44.0 cm³/mol. The second kappa shape index (κ2) is 3.74. The van der Waals surface area contributed by atoms with E-state index in [0.29, 0.717) is 0 Å². The second-order valence-electron chi connectivity index (χ2n) is 1.87. The smallest absolute Gasteiger partial charge is 0.0339 e. The number of benzene rings is 1. The maximum Gasteiger partial charge on any atom is 0.0339 e. The highest BCUT2D eigenvalue weighted by Crippen LogP contribution is 2.08. The molecule has 1 rings (SSSR count). The van der Waals surface area contributed by atoms with Gasteiger partial charge in [0.1, 0.15) is 0 Å². The Morgan fingerprint density at radius 2 is 1.70 bits per heavy atom. The van der Waals surface area contributed by atoms with E-state index >= 15 is 0 Å². The highest BCUT2D eigenvalue weighted by atomic mass is 16.0. The number of hydrogen-bond donors (Lipinski definition) is 2. The van der Waals surface area contributed by atoms with Crippen LogP contribution < -0.4 is 11.1 Å². The molecule has 0 atom stereocenters. The number of anilines is 2. The number of nitrogens with two attached hydrogens (primary N) is 1. The molecule has 5 N–H and O–H groups in total. The van der Waals surface area contributed by atoms with Gasteiger partial charge in [0.25, 0.3) is 0 Å². The third-order valence-corrected chi connectivity index (χ3v) is 1.20. The predicted octanol–water partition coefficient (Wildman–Crippen LogP) is 0.486. The van der Waals surface area contributed by atoms with Crippen LogP contribution in [-0.2, 0) is 0 Å². The van der Waals surface area contributed by atoms with Gasteiger partial charge in [-0.3, -0.25) is 0 Å². The largest absolute Gasteiger partial charge is 0.412 e. The van der Waals surface area contributed by atoms with Gasteiger partial charge >= 0.3 is 0 Å². The second-order valence-corrected chi connectivity index (χ2v) is 1.87. The van der Waals surface area contributed by atoms with Gasteiger partial charge < -0.3 is 16.5 Å². The zero-order chi connectivity index (χ0) is 6.69. The standard InChI is InChI=1S/C7H10N2.H2O/c1-9-7-4-2-6(8)3-5-7;/h2-5,9H,8H2,1H3;1H2. The van der Waals surface area contributed by atoms with Gasteiger partial charge in [0.15, 0.2) is 0 Å². The fourth-order valence-electron chi connectivity index (χ4n) is 0.650. The summed E-state index contributed by atoms with van der Waals surface area (Å²) in [6, 6.07) is 7.61. The molecule has 0 heterocycles. The molecular formula is C7H12N2O. The Morgan fingerprint density at radius 1 is 1.20 bits per heavy atom. The van der Waals surface area contributed by atoms with Crippen molar-refractivity contribution in [1.82, 2.24) is 0 Å². The van der Waals surface area contributed by atoms with E-state index in [1.54, 1.807) is 0 Å². The summed E-state index contributed by atoms with van der Waals surface area (Å²) in [7, 11) is 1.88. The van der Waals surface area contributed by atoms with E-state index in [1.807, 2.05) is 31.3 Å². The Bertz CT molecular complexity index is 183. The van der Waals surface area contributed by atoms with Crippen LogP contribution in [0.15, 0.2) is 24.3 Å². The van der Waals surface area contributed by atoms with E-state index in [0.717, 1.165) is 11.4 Å². The molecule has 0 fully saturated rings. The van der Waals surface area contributed by atoms with Gasteiger partial charge in [-0.25, -0.2) is 0 Å². The minimum Gasteiger partial charge on any atom is -0.412 e. The lowest BCUT2D eigenvalue weighted by Gasteiger charge is -1.97. The van der Waals surface area contributed by atoms with Gasteiger partial charge in [-0.2, -0.15) is 0 Å². The molecule has 3 nitrogen and oxygen atoms in total. The van der Waals surface area contributed by atoms with E-state index < -0.39 is 0 Å². The minimum atomic E-state index is 0. The van der Waals surface area contributed by atoms with E-state index in [4.69, 9.17) is 5.73 Å². The molecule has 0 aliphatic rings. The third kappa shape index (κ3) is 1.95. The number of nitrogens with one attached hydrogen (secondary N) is 1. The lowest BCUT2D eigenvalue weighted by Crippen LogP contribution is -1.88. The summed E-state index contributed by atoms with van der Waals surface area (Å²) in [6.45, 7) is 0. The first kappa shape index (κ1) is 8.78. The molecule has 0 bridgehead atoms. The highest BCUT2D eigenvalue weighted by molar-refractivity contribution is 5.50. The summed E-state index contributed by atoms with van der Waals surface area (Å²) in [5.74, 6) is 0. The average molecular weight is 140 g/mol. The quantitative estimate of drug-likeness (QED) is 0.557. The molecule has 0 amide bonds. The molecule has 0 radical (unpaired) electrons. The number of rotatable bonds is 1. The van der Waals surface area contributed by atoms with Crippen LogP contribution in [0.1, 0.15) is 0 Å². The van der Waals surface area contributed by atoms with Crippen LogP contribution in [-0.4, -0.2) is 12.5 Å². The van der Waals surface area contributed by atoms with Crippen LogP contribution in [0.3, 0.4) is 0 Å². The van der Waals surface area contributed by atoms with Gasteiger partial charge in [0, 0.05) is 18.4 Å². The van der Waals surface area contributed by atoms with E-state index in [9.17, 15) is 0 Å². The molecule has 10 heavy (non-hydrogen) atoms. The van der Waals surface area contributed by atoms with Crippen molar-refractivity contribution >= 4 is 11.4 Å². The molecule has 0 aromatic heterocycles. The number of nitrogen functional groups attached to an aromatic ring is 1. The summed E-state index contributed by atoms with van der Waals surface area (Å²) in [6.07, 6.45) is 0. The van der Waals surface area contributed by atoms with Crippen molar-refractivity contribution in [2.24, 2.45) is 0 Å². The summed E-state index contributed by atoms with van der Waals surface area (Å²) in [5.41, 5.74) is 7.34. The fourth-order valence-corrected chi connectivity index (χ4v) is 0.650. The fraction of sp³-hybridized carbons (Fsp3) is 0.143. The first-order valence-corrected chi connectivity index (χ1v) is 2.86. The monoisotopic (exact) mass is 140 g/mol. The van der Waals surface area contributed by atoms with Crippen LogP contribution in [0, 0.1) is 0 Å². The Morgan fingerprint density at radius 3 is 2.10 bits per heavy atom. The Kier molecular flexibility index (Phi) is 3.28. The molecule has 0 aliphatic carbocycles. The first-order chi connectivity index (χ1) is 4.33. The summed E-state index contributed by atoms with van der Waals surface area (Å²) in [5, 5.41) is 3.00. The van der Waals surface area contributed by atoms with Crippen molar-refractivity contribution < 1.29 is 5.48 Å². The van der Waals surface area contributed by atoms with Crippen LogP contribution >= 0.6 is 0 Å². The van der Waals surface area contributed by atoms with Gasteiger partial charge in [-0.1, -0.05) is 0 Å². The van der Waals surface area contributed by atoms with Gasteiger partial charge in [-0.05, 0) is 24.3 Å². The normalized spacial score (nSPS) is 8.10. The van der Waals surface area contributed by atoms with Crippen molar-refractivity contribution in [2.75, 3.05) is 18.1 Å². The molecule has 0 unspecified atom stereocenters. The lowest BCUT2D eigenvalue weighted by atomic mass is 10.3. The zero-order valence-corrected chi connectivity index (χ0v) is 5.89. The summed E-state index contributed by atoms with van der Waals surface area (Å²) >= 11 is 0. The molecule has 1 aromatic rings. The van der Waals surface area contributed by atoms with Crippen molar-refractivity contribution in [3.8, 4) is 0 Å².